The van der Waals surface area contributed by atoms with E-state index in [1.165, 1.54) is 11.3 Å². The molecule has 1 aromatic carbocycles. The van der Waals surface area contributed by atoms with Crippen LogP contribution in [0.2, 0.25) is 5.02 Å². The lowest BCUT2D eigenvalue weighted by molar-refractivity contribution is 0.103. The van der Waals surface area contributed by atoms with Crippen molar-refractivity contribution in [3.05, 3.63) is 44.0 Å². The molecule has 1 aliphatic rings. The lowest BCUT2D eigenvalue weighted by Gasteiger charge is -2.29. The van der Waals surface area contributed by atoms with Gasteiger partial charge in [-0.1, -0.05) is 11.6 Å². The van der Waals surface area contributed by atoms with Crippen LogP contribution in [0.3, 0.4) is 0 Å². The lowest BCUT2D eigenvalue weighted by atomic mass is 10.2. The van der Waals surface area contributed by atoms with Gasteiger partial charge in [-0.05, 0) is 45.6 Å². The van der Waals surface area contributed by atoms with E-state index in [-0.39, 0.29) is 5.91 Å². The molecule has 2 heterocycles. The Morgan fingerprint density at radius 1 is 1.27 bits per heavy atom. The van der Waals surface area contributed by atoms with E-state index in [4.69, 9.17) is 11.6 Å². The first kappa shape index (κ1) is 16.2. The van der Waals surface area contributed by atoms with Crippen LogP contribution in [0.15, 0.2) is 34.1 Å². The summed E-state index contributed by atoms with van der Waals surface area (Å²) < 4.78 is 0.809. The molecule has 0 aliphatic carbocycles. The minimum absolute atomic E-state index is 0.125. The second kappa shape index (κ2) is 7.25. The first-order valence-electron chi connectivity index (χ1n) is 6.82. The van der Waals surface area contributed by atoms with Crippen LogP contribution in [0.25, 0.3) is 0 Å². The molecular weight excluding hydrogens is 404 g/mol. The highest BCUT2D eigenvalue weighted by atomic mass is 79.9. The third kappa shape index (κ3) is 3.62. The van der Waals surface area contributed by atoms with Crippen molar-refractivity contribution in [3.63, 3.8) is 0 Å². The van der Waals surface area contributed by atoms with Crippen molar-refractivity contribution >= 4 is 67.9 Å². The van der Waals surface area contributed by atoms with Gasteiger partial charge in [-0.2, -0.15) is 11.8 Å². The number of nitrogens with one attached hydrogen (secondary N) is 1. The molecule has 3 rings (SSSR count). The fraction of sp³-hybridized carbons (Fsp3) is 0.267. The number of carbonyl (C=O) groups is 1. The molecule has 3 nitrogen and oxygen atoms in total. The fourth-order valence-electron chi connectivity index (χ4n) is 2.29. The lowest BCUT2D eigenvalue weighted by Crippen LogP contribution is -2.32. The molecular formula is C15H14BrClN2OS2. The van der Waals surface area contributed by atoms with E-state index in [9.17, 15) is 4.79 Å². The fourth-order valence-corrected chi connectivity index (χ4v) is 4.94. The first-order chi connectivity index (χ1) is 10.6. The number of carbonyl (C=O) groups excluding carboxylic acids is 1. The summed E-state index contributed by atoms with van der Waals surface area (Å²) in [6, 6.07) is 7.57. The molecule has 1 saturated heterocycles. The summed E-state index contributed by atoms with van der Waals surface area (Å²) >= 11 is 13.1. The number of thiophene rings is 1. The van der Waals surface area contributed by atoms with E-state index in [0.29, 0.717) is 15.6 Å². The van der Waals surface area contributed by atoms with Gasteiger partial charge in [0.05, 0.1) is 10.7 Å². The van der Waals surface area contributed by atoms with Gasteiger partial charge >= 0.3 is 0 Å². The zero-order valence-electron chi connectivity index (χ0n) is 11.6. The van der Waals surface area contributed by atoms with Crippen molar-refractivity contribution < 1.29 is 4.79 Å². The summed E-state index contributed by atoms with van der Waals surface area (Å²) in [5, 5.41) is 5.44. The van der Waals surface area contributed by atoms with Crippen molar-refractivity contribution in [2.24, 2.45) is 0 Å². The predicted molar refractivity (Wildman–Crippen MR) is 101 cm³/mol. The maximum absolute atomic E-state index is 12.2. The Morgan fingerprint density at radius 2 is 2.05 bits per heavy atom. The number of anilines is 2. The summed E-state index contributed by atoms with van der Waals surface area (Å²) in [6.45, 7) is 2.02. The Kier molecular flexibility index (Phi) is 5.33. The van der Waals surface area contributed by atoms with Crippen LogP contribution >= 0.6 is 50.6 Å². The number of benzene rings is 1. The van der Waals surface area contributed by atoms with Crippen molar-refractivity contribution in [1.82, 2.24) is 0 Å². The van der Waals surface area contributed by atoms with Crippen LogP contribution in [0, 0.1) is 0 Å². The highest BCUT2D eigenvalue weighted by Gasteiger charge is 2.16. The number of halogens is 2. The minimum atomic E-state index is -0.125. The summed E-state index contributed by atoms with van der Waals surface area (Å²) in [6.07, 6.45) is 0. The number of nitrogens with zero attached hydrogens (tertiary/aromatic N) is 1. The second-order valence-corrected chi connectivity index (χ2v) is 8.22. The summed E-state index contributed by atoms with van der Waals surface area (Å²) in [4.78, 5) is 15.2. The SMILES string of the molecule is O=C(Nc1ccc(N2CCSCC2)c(Cl)c1)c1sccc1Br. The van der Waals surface area contributed by atoms with Gasteiger partial charge in [-0.3, -0.25) is 4.79 Å². The Balaban J connectivity index is 1.74. The molecule has 1 fully saturated rings. The van der Waals surface area contributed by atoms with Gasteiger partial charge in [0, 0.05) is 34.8 Å². The highest BCUT2D eigenvalue weighted by molar-refractivity contribution is 9.10. The molecule has 1 N–H and O–H groups in total. The average molecular weight is 418 g/mol. The van der Waals surface area contributed by atoms with Crippen molar-refractivity contribution in [2.75, 3.05) is 34.8 Å². The zero-order valence-corrected chi connectivity index (χ0v) is 15.6. The Labute approximate surface area is 151 Å². The molecule has 7 heteroatoms. The standard InChI is InChI=1S/C15H14BrClN2OS2/c16-11-3-6-22-14(11)15(20)18-10-1-2-13(12(17)9-10)19-4-7-21-8-5-19/h1-3,6,9H,4-5,7-8H2,(H,18,20). The molecule has 0 bridgehead atoms. The topological polar surface area (TPSA) is 32.3 Å². The summed E-state index contributed by atoms with van der Waals surface area (Å²) in [7, 11) is 0. The molecule has 1 amide bonds. The molecule has 0 spiro atoms. The van der Waals surface area contributed by atoms with Crippen molar-refractivity contribution in [3.8, 4) is 0 Å². The molecule has 0 unspecified atom stereocenters. The van der Waals surface area contributed by atoms with E-state index in [2.05, 4.69) is 26.1 Å². The number of thioether (sulfide) groups is 1. The second-order valence-electron chi connectivity index (χ2n) is 4.82. The van der Waals surface area contributed by atoms with Crippen molar-refractivity contribution in [1.29, 1.82) is 0 Å². The molecule has 1 aromatic heterocycles. The number of hydrogen-bond donors (Lipinski definition) is 1. The first-order valence-corrected chi connectivity index (χ1v) is 10.0. The molecule has 116 valence electrons. The van der Waals surface area contributed by atoms with Crippen LogP contribution < -0.4 is 10.2 Å². The maximum Gasteiger partial charge on any atom is 0.266 e. The van der Waals surface area contributed by atoms with E-state index < -0.39 is 0 Å². The van der Waals surface area contributed by atoms with Crippen LogP contribution in [0.5, 0.6) is 0 Å². The molecule has 0 saturated carbocycles. The molecule has 22 heavy (non-hydrogen) atoms. The van der Waals surface area contributed by atoms with E-state index in [0.717, 1.165) is 34.8 Å². The Hall–Kier alpha value is -0.690. The van der Waals surface area contributed by atoms with E-state index >= 15 is 0 Å². The molecule has 1 aliphatic heterocycles. The summed E-state index contributed by atoms with van der Waals surface area (Å²) in [5.74, 6) is 2.13. The third-order valence-electron chi connectivity index (χ3n) is 3.38. The average Bonchev–Trinajstić information content (AvgIpc) is 2.94. The molecule has 0 radical (unpaired) electrons. The maximum atomic E-state index is 12.2. The number of rotatable bonds is 3. The van der Waals surface area contributed by atoms with Crippen LogP contribution in [0.4, 0.5) is 11.4 Å². The summed E-state index contributed by atoms with van der Waals surface area (Å²) in [5.41, 5.74) is 1.75. The quantitative estimate of drug-likeness (QED) is 0.765. The minimum Gasteiger partial charge on any atom is -0.369 e. The number of hydrogen-bond acceptors (Lipinski definition) is 4. The van der Waals surface area contributed by atoms with Crippen LogP contribution in [-0.4, -0.2) is 30.5 Å². The highest BCUT2D eigenvalue weighted by Crippen LogP contribution is 2.31. The normalized spacial score (nSPS) is 14.9. The van der Waals surface area contributed by atoms with Crippen LogP contribution in [-0.2, 0) is 0 Å². The van der Waals surface area contributed by atoms with E-state index in [1.807, 2.05) is 41.4 Å². The van der Waals surface area contributed by atoms with E-state index in [1.54, 1.807) is 0 Å². The van der Waals surface area contributed by atoms with Gasteiger partial charge in [0.15, 0.2) is 0 Å². The van der Waals surface area contributed by atoms with Gasteiger partial charge in [-0.15, -0.1) is 11.3 Å². The zero-order chi connectivity index (χ0) is 15.5. The van der Waals surface area contributed by atoms with Crippen molar-refractivity contribution in [2.45, 2.75) is 0 Å². The smallest absolute Gasteiger partial charge is 0.266 e. The third-order valence-corrected chi connectivity index (χ3v) is 6.46. The Morgan fingerprint density at radius 3 is 2.68 bits per heavy atom. The van der Waals surface area contributed by atoms with Gasteiger partial charge in [0.2, 0.25) is 0 Å². The molecule has 0 atom stereocenters. The largest absolute Gasteiger partial charge is 0.369 e. The van der Waals surface area contributed by atoms with Gasteiger partial charge < -0.3 is 10.2 Å². The van der Waals surface area contributed by atoms with Gasteiger partial charge in [0.25, 0.3) is 5.91 Å². The van der Waals surface area contributed by atoms with Crippen LogP contribution in [0.1, 0.15) is 9.67 Å². The Bertz CT molecular complexity index is 686. The predicted octanol–water partition coefficient (Wildman–Crippen LogP) is 4.97. The van der Waals surface area contributed by atoms with Gasteiger partial charge in [0.1, 0.15) is 4.88 Å². The monoisotopic (exact) mass is 416 g/mol. The molecule has 2 aromatic rings. The number of amides is 1. The van der Waals surface area contributed by atoms with Gasteiger partial charge in [-0.25, -0.2) is 0 Å².